The van der Waals surface area contributed by atoms with E-state index >= 15 is 0 Å². The summed E-state index contributed by atoms with van der Waals surface area (Å²) < 4.78 is 18.3. The summed E-state index contributed by atoms with van der Waals surface area (Å²) in [7, 11) is 1.42. The summed E-state index contributed by atoms with van der Waals surface area (Å²) in [4.78, 5) is 12.1. The highest BCUT2D eigenvalue weighted by molar-refractivity contribution is 6.08. The Balaban J connectivity index is 2.27. The third kappa shape index (κ3) is 3.54. The van der Waals surface area contributed by atoms with E-state index in [1.165, 1.54) is 25.3 Å². The average Bonchev–Trinajstić information content (AvgIpc) is 2.52. The molecule has 2 rings (SSSR count). The highest BCUT2D eigenvalue weighted by Gasteiger charge is 2.10. The third-order valence-corrected chi connectivity index (χ3v) is 2.87. The van der Waals surface area contributed by atoms with Crippen LogP contribution in [0.1, 0.15) is 21.5 Å². The number of methoxy groups -OCH3 is 1. The van der Waals surface area contributed by atoms with E-state index in [0.717, 1.165) is 11.6 Å². The highest BCUT2D eigenvalue weighted by atomic mass is 19.1. The van der Waals surface area contributed by atoms with Gasteiger partial charge in [0.1, 0.15) is 11.6 Å². The van der Waals surface area contributed by atoms with Crippen LogP contribution in [-0.4, -0.2) is 12.9 Å². The van der Waals surface area contributed by atoms with Crippen molar-refractivity contribution in [2.75, 3.05) is 7.11 Å². The molecule has 2 aromatic rings. The lowest BCUT2D eigenvalue weighted by atomic mass is 10.1. The standard InChI is InChI=1S/C17H12FNO2/c1-21-17-8-6-14(18)10-15(17)16(20)7-5-12-3-2-4-13(9-12)11-19/h2-10H,1H3/b7-5+. The first-order chi connectivity index (χ1) is 10.1. The number of halogens is 1. The Morgan fingerprint density at radius 3 is 2.81 bits per heavy atom. The first-order valence-corrected chi connectivity index (χ1v) is 6.20. The van der Waals surface area contributed by atoms with Gasteiger partial charge in [-0.05, 0) is 42.0 Å². The highest BCUT2D eigenvalue weighted by Crippen LogP contribution is 2.20. The first kappa shape index (κ1) is 14.5. The van der Waals surface area contributed by atoms with Crippen molar-refractivity contribution in [1.29, 1.82) is 5.26 Å². The molecule has 0 saturated carbocycles. The Labute approximate surface area is 121 Å². The molecule has 0 radical (unpaired) electrons. The van der Waals surface area contributed by atoms with Gasteiger partial charge in [-0.2, -0.15) is 5.26 Å². The number of carbonyl (C=O) groups excluding carboxylic acids is 1. The molecule has 2 aromatic carbocycles. The molecular formula is C17H12FNO2. The normalized spacial score (nSPS) is 10.3. The summed E-state index contributed by atoms with van der Waals surface area (Å²) in [5.74, 6) is -0.551. The molecule has 0 aliphatic carbocycles. The molecule has 0 heterocycles. The minimum Gasteiger partial charge on any atom is -0.496 e. The van der Waals surface area contributed by atoms with Crippen LogP contribution >= 0.6 is 0 Å². The quantitative estimate of drug-likeness (QED) is 0.635. The molecule has 0 unspecified atom stereocenters. The summed E-state index contributed by atoms with van der Waals surface area (Å²) in [6.07, 6.45) is 2.90. The molecule has 0 amide bonds. The summed E-state index contributed by atoms with van der Waals surface area (Å²) in [5, 5.41) is 8.82. The lowest BCUT2D eigenvalue weighted by molar-refractivity contribution is 0.104. The van der Waals surface area contributed by atoms with Gasteiger partial charge in [0.2, 0.25) is 0 Å². The Hall–Kier alpha value is -2.93. The number of hydrogen-bond donors (Lipinski definition) is 0. The van der Waals surface area contributed by atoms with Gasteiger partial charge in [0.25, 0.3) is 0 Å². The molecule has 0 aliphatic rings. The number of rotatable bonds is 4. The monoisotopic (exact) mass is 281 g/mol. The molecule has 0 saturated heterocycles. The second-order valence-electron chi connectivity index (χ2n) is 4.28. The van der Waals surface area contributed by atoms with Crippen LogP contribution in [0.15, 0.2) is 48.5 Å². The zero-order chi connectivity index (χ0) is 15.2. The van der Waals surface area contributed by atoms with Crippen LogP contribution in [0, 0.1) is 17.1 Å². The van der Waals surface area contributed by atoms with Crippen molar-refractivity contribution < 1.29 is 13.9 Å². The minimum atomic E-state index is -0.501. The number of nitrogens with zero attached hydrogens (tertiary/aromatic N) is 1. The van der Waals surface area contributed by atoms with Gasteiger partial charge in [-0.1, -0.05) is 18.2 Å². The van der Waals surface area contributed by atoms with E-state index in [9.17, 15) is 9.18 Å². The number of benzene rings is 2. The Kier molecular flexibility index (Phi) is 4.47. The Morgan fingerprint density at radius 2 is 2.10 bits per heavy atom. The van der Waals surface area contributed by atoms with Crippen LogP contribution in [0.2, 0.25) is 0 Å². The number of hydrogen-bond acceptors (Lipinski definition) is 3. The fourth-order valence-electron chi connectivity index (χ4n) is 1.85. The largest absolute Gasteiger partial charge is 0.496 e. The molecule has 4 heteroatoms. The van der Waals surface area contributed by atoms with Gasteiger partial charge in [-0.15, -0.1) is 0 Å². The van der Waals surface area contributed by atoms with Crippen molar-refractivity contribution in [2.45, 2.75) is 0 Å². The minimum absolute atomic E-state index is 0.158. The van der Waals surface area contributed by atoms with Gasteiger partial charge in [0.05, 0.1) is 24.3 Å². The topological polar surface area (TPSA) is 50.1 Å². The van der Waals surface area contributed by atoms with E-state index in [1.54, 1.807) is 30.3 Å². The average molecular weight is 281 g/mol. The maximum absolute atomic E-state index is 13.2. The van der Waals surface area contributed by atoms with E-state index < -0.39 is 5.82 Å². The second-order valence-corrected chi connectivity index (χ2v) is 4.28. The fourth-order valence-corrected chi connectivity index (χ4v) is 1.85. The number of ketones is 1. The van der Waals surface area contributed by atoms with Crippen molar-refractivity contribution in [1.82, 2.24) is 0 Å². The van der Waals surface area contributed by atoms with Crippen molar-refractivity contribution in [3.8, 4) is 11.8 Å². The van der Waals surface area contributed by atoms with Crippen molar-refractivity contribution >= 4 is 11.9 Å². The summed E-state index contributed by atoms with van der Waals surface area (Å²) >= 11 is 0. The molecule has 104 valence electrons. The number of nitriles is 1. The van der Waals surface area contributed by atoms with Crippen LogP contribution in [0.25, 0.3) is 6.08 Å². The van der Waals surface area contributed by atoms with Crippen LogP contribution in [0.5, 0.6) is 5.75 Å². The molecule has 0 bridgehead atoms. The van der Waals surface area contributed by atoms with Gasteiger partial charge in [-0.25, -0.2) is 4.39 Å². The third-order valence-electron chi connectivity index (χ3n) is 2.87. The molecule has 0 N–H and O–H groups in total. The van der Waals surface area contributed by atoms with Crippen molar-refractivity contribution in [2.24, 2.45) is 0 Å². The zero-order valence-corrected chi connectivity index (χ0v) is 11.3. The molecule has 0 spiro atoms. The van der Waals surface area contributed by atoms with E-state index in [1.807, 2.05) is 6.07 Å². The van der Waals surface area contributed by atoms with E-state index in [4.69, 9.17) is 10.00 Å². The van der Waals surface area contributed by atoms with E-state index in [2.05, 4.69) is 0 Å². The SMILES string of the molecule is COc1ccc(F)cc1C(=O)/C=C/c1cccc(C#N)c1. The predicted molar refractivity (Wildman–Crippen MR) is 77.5 cm³/mol. The van der Waals surface area contributed by atoms with Crippen molar-refractivity contribution in [3.63, 3.8) is 0 Å². The maximum atomic E-state index is 13.2. The maximum Gasteiger partial charge on any atom is 0.189 e. The van der Waals surface area contributed by atoms with Crippen LogP contribution < -0.4 is 4.74 Å². The zero-order valence-electron chi connectivity index (χ0n) is 11.3. The molecular weight excluding hydrogens is 269 g/mol. The molecule has 21 heavy (non-hydrogen) atoms. The van der Waals surface area contributed by atoms with Crippen LogP contribution in [0.4, 0.5) is 4.39 Å². The van der Waals surface area contributed by atoms with E-state index in [0.29, 0.717) is 11.3 Å². The number of allylic oxidation sites excluding steroid dienone is 1. The molecule has 3 nitrogen and oxygen atoms in total. The first-order valence-electron chi connectivity index (χ1n) is 6.20. The van der Waals surface area contributed by atoms with Crippen LogP contribution in [0.3, 0.4) is 0 Å². The van der Waals surface area contributed by atoms with Gasteiger partial charge in [0, 0.05) is 0 Å². The second kappa shape index (κ2) is 6.49. The number of ether oxygens (including phenoxy) is 1. The molecule has 0 fully saturated rings. The smallest absolute Gasteiger partial charge is 0.189 e. The van der Waals surface area contributed by atoms with E-state index in [-0.39, 0.29) is 11.3 Å². The van der Waals surface area contributed by atoms with Gasteiger partial charge in [-0.3, -0.25) is 4.79 Å². The Bertz CT molecular complexity index is 745. The van der Waals surface area contributed by atoms with Gasteiger partial charge in [0.15, 0.2) is 5.78 Å². The van der Waals surface area contributed by atoms with Crippen LogP contribution in [-0.2, 0) is 0 Å². The van der Waals surface area contributed by atoms with Gasteiger partial charge >= 0.3 is 0 Å². The lowest BCUT2D eigenvalue weighted by Crippen LogP contribution is -1.99. The fraction of sp³-hybridized carbons (Fsp3) is 0.0588. The predicted octanol–water partition coefficient (Wildman–Crippen LogP) is 3.60. The number of carbonyl (C=O) groups is 1. The molecule has 0 aliphatic heterocycles. The molecule has 0 atom stereocenters. The summed E-state index contributed by atoms with van der Waals surface area (Å²) in [5.41, 5.74) is 1.39. The summed E-state index contributed by atoms with van der Waals surface area (Å²) in [6.45, 7) is 0. The summed E-state index contributed by atoms with van der Waals surface area (Å²) in [6, 6.07) is 12.6. The molecule has 0 aromatic heterocycles. The van der Waals surface area contributed by atoms with Crippen molar-refractivity contribution in [3.05, 3.63) is 71.0 Å². The van der Waals surface area contributed by atoms with Gasteiger partial charge < -0.3 is 4.74 Å². The lowest BCUT2D eigenvalue weighted by Gasteiger charge is -2.05. The Morgan fingerprint density at radius 1 is 1.29 bits per heavy atom.